The third kappa shape index (κ3) is 11.8. The monoisotopic (exact) mass is 1440 g/mol. The zero-order valence-electron chi connectivity index (χ0n) is 59.3. The second-order valence-electron chi connectivity index (χ2n) is 27.0. The number of nitrogens with zero attached hydrogens (tertiary/aromatic N) is 18. The van der Waals surface area contributed by atoms with Crippen molar-refractivity contribution in [2.24, 2.45) is 0 Å². The molecule has 113 heavy (non-hydrogen) atoms. The lowest BCUT2D eigenvalue weighted by Gasteiger charge is -2.32. The molecule has 18 nitrogen and oxygen atoms in total. The Morgan fingerprint density at radius 1 is 0.292 bits per heavy atom. The van der Waals surface area contributed by atoms with Gasteiger partial charge in [0.05, 0.1) is 179 Å². The first-order valence-corrected chi connectivity index (χ1v) is 34.9. The molecule has 0 N–H and O–H groups in total. The van der Waals surface area contributed by atoms with E-state index in [1.807, 2.05) is 177 Å². The standard InChI is InChI=1S/C95H44N18/c1-95(91-74(53-107)34-59(46-100)35-75(91)54-108)27-26-87-81(41-95)80-39-66(90-72(51-105)32-58(45-99)33-73(90)52-106)19-24-86(80)113(87)82-21-16-63(36-76(82)60-14-12-55(42-96)13-15-60)77-40-67(94-110-92(61-8-4-2-5-9-61)109-93(111-94)62-10-6-3-7-11-62)20-25-83(77)112-84-22-17-64(88-68(47-101)28-56(43-97)29-69(88)48-102)37-78(84)79-38-65(18-23-85(79)112)89-70(49-103)30-57(44-98)31-71(89)50-104/h2-40H,41H2,1H3. The van der Waals surface area contributed by atoms with Crippen LogP contribution in [-0.4, -0.2) is 24.1 Å². The Labute approximate surface area is 646 Å². The molecule has 0 radical (unpaired) electrons. The van der Waals surface area contributed by atoms with Crippen LogP contribution in [0.1, 0.15) is 96.1 Å². The van der Waals surface area contributed by atoms with Gasteiger partial charge in [-0.05, 0) is 179 Å². The topological polar surface area (TPSA) is 358 Å². The average molecular weight is 1440 g/mol. The second-order valence-corrected chi connectivity index (χ2v) is 27.0. The summed E-state index contributed by atoms with van der Waals surface area (Å²) in [5.74, 6) is 1.15. The molecule has 0 aliphatic heterocycles. The molecule has 3 aromatic heterocycles. The number of benzene rings is 12. The molecule has 15 aromatic rings. The van der Waals surface area contributed by atoms with E-state index in [4.69, 9.17) is 15.0 Å². The van der Waals surface area contributed by atoms with Gasteiger partial charge in [-0.25, -0.2) is 15.0 Å². The van der Waals surface area contributed by atoms with Crippen LogP contribution < -0.4 is 0 Å². The molecule has 0 bridgehead atoms. The lowest BCUT2D eigenvalue weighted by Crippen LogP contribution is -2.28. The molecule has 16 rings (SSSR count). The van der Waals surface area contributed by atoms with Gasteiger partial charge in [-0.1, -0.05) is 110 Å². The maximum absolute atomic E-state index is 10.8. The van der Waals surface area contributed by atoms with Crippen LogP contribution in [-0.2, 0) is 11.8 Å². The average Bonchev–Trinajstić information content (AvgIpc) is 1.58. The van der Waals surface area contributed by atoms with Crippen molar-refractivity contribution in [3.8, 4) is 180 Å². The Morgan fingerprint density at radius 2 is 0.628 bits per heavy atom. The molecule has 1 aliphatic carbocycles. The lowest BCUT2D eigenvalue weighted by molar-refractivity contribution is 0.585. The minimum absolute atomic E-state index is 0.0912. The number of fused-ring (bicyclic) bond motifs is 6. The normalized spacial score (nSPS) is 12.3. The summed E-state index contributed by atoms with van der Waals surface area (Å²) < 4.78 is 4.19. The summed E-state index contributed by atoms with van der Waals surface area (Å²) in [7, 11) is 0. The Balaban J connectivity index is 1.00. The van der Waals surface area contributed by atoms with E-state index in [0.29, 0.717) is 140 Å². The highest BCUT2D eigenvalue weighted by molar-refractivity contribution is 6.13. The molecular formula is C95H44N18. The van der Waals surface area contributed by atoms with Crippen LogP contribution in [0.3, 0.4) is 0 Å². The van der Waals surface area contributed by atoms with Gasteiger partial charge in [-0.15, -0.1) is 0 Å². The SMILES string of the molecule is CC1(c2c(C#N)cc(C#N)cc2C#N)C=Cc2c(c3cc(-c4c(C#N)cc(C#N)cc4C#N)ccc3n2-c2ccc(-c3cc(-c4nc(-c5ccccc5)nc(-c5ccccc5)n4)ccc3-n3c4ccc(-c5c(C#N)cc(C#N)cc5C#N)cc4c4cc(-c5c(C#N)cc(C#N)cc5C#N)ccc43)cc2-c2ccc(C#N)cc2)C1. The van der Waals surface area contributed by atoms with E-state index in [2.05, 4.69) is 94.1 Å². The summed E-state index contributed by atoms with van der Waals surface area (Å²) in [6.07, 6.45) is 4.11. The highest BCUT2D eigenvalue weighted by Gasteiger charge is 2.37. The van der Waals surface area contributed by atoms with E-state index in [1.165, 1.54) is 48.5 Å². The number of allylic oxidation sites excluding steroid dienone is 1. The summed E-state index contributed by atoms with van der Waals surface area (Å²) in [5, 5.41) is 138. The maximum Gasteiger partial charge on any atom is 0.164 e. The predicted molar refractivity (Wildman–Crippen MR) is 422 cm³/mol. The van der Waals surface area contributed by atoms with Crippen LogP contribution in [0.25, 0.3) is 140 Å². The van der Waals surface area contributed by atoms with Crippen molar-refractivity contribution in [3.05, 3.63) is 320 Å². The van der Waals surface area contributed by atoms with Gasteiger partial charge in [0.15, 0.2) is 17.5 Å². The predicted octanol–water partition coefficient (Wildman–Crippen LogP) is 19.1. The first kappa shape index (κ1) is 69.5. The summed E-state index contributed by atoms with van der Waals surface area (Å²) in [6, 6.07) is 95.1. The summed E-state index contributed by atoms with van der Waals surface area (Å²) in [6.45, 7) is 1.93. The van der Waals surface area contributed by atoms with Crippen molar-refractivity contribution in [2.45, 2.75) is 18.8 Å². The third-order valence-corrected chi connectivity index (χ3v) is 20.6. The number of hydrogen-bond donors (Lipinski definition) is 0. The Hall–Kier alpha value is -17.9. The first-order chi connectivity index (χ1) is 55.2. The molecule has 1 aliphatic rings. The fourth-order valence-electron chi connectivity index (χ4n) is 15.6. The van der Waals surface area contributed by atoms with Gasteiger partial charge >= 0.3 is 0 Å². The highest BCUT2D eigenvalue weighted by atomic mass is 15.0. The van der Waals surface area contributed by atoms with Crippen LogP contribution in [0.5, 0.6) is 0 Å². The molecule has 0 saturated carbocycles. The Morgan fingerprint density at radius 3 is 1.04 bits per heavy atom. The van der Waals surface area contributed by atoms with Crippen LogP contribution in [0.2, 0.25) is 0 Å². The molecule has 0 spiro atoms. The van der Waals surface area contributed by atoms with Crippen molar-refractivity contribution in [2.75, 3.05) is 0 Å². The number of rotatable bonds is 11. The van der Waals surface area contributed by atoms with Crippen LogP contribution in [0.4, 0.5) is 0 Å². The highest BCUT2D eigenvalue weighted by Crippen LogP contribution is 2.49. The fourth-order valence-corrected chi connectivity index (χ4v) is 15.6. The fraction of sp³-hybridized carbons (Fsp3) is 0.0316. The molecule has 0 amide bonds. The number of hydrogen-bond acceptors (Lipinski definition) is 16. The summed E-state index contributed by atoms with van der Waals surface area (Å²) in [4.78, 5) is 15.4. The molecule has 3 heterocycles. The van der Waals surface area contributed by atoms with E-state index >= 15 is 0 Å². The number of aromatic nitrogens is 5. The maximum atomic E-state index is 10.8. The quantitative estimate of drug-likeness (QED) is 0.116. The Bertz CT molecular complexity index is 7040. The Kier molecular flexibility index (Phi) is 17.3. The van der Waals surface area contributed by atoms with E-state index in [1.54, 1.807) is 12.1 Å². The van der Waals surface area contributed by atoms with Gasteiger partial charge in [0.25, 0.3) is 0 Å². The van der Waals surface area contributed by atoms with Crippen molar-refractivity contribution in [1.29, 1.82) is 68.4 Å². The first-order valence-electron chi connectivity index (χ1n) is 34.9. The minimum atomic E-state index is -1.05. The molecule has 0 fully saturated rings. The van der Waals surface area contributed by atoms with Gasteiger partial charge in [0.1, 0.15) is 0 Å². The molecule has 1 unspecified atom stereocenters. The zero-order valence-corrected chi connectivity index (χ0v) is 59.3. The smallest absolute Gasteiger partial charge is 0.164 e. The zero-order chi connectivity index (χ0) is 78.3. The van der Waals surface area contributed by atoms with Crippen LogP contribution in [0.15, 0.2) is 231 Å². The molecule has 18 heteroatoms. The molecule has 12 aromatic carbocycles. The second kappa shape index (κ2) is 28.2. The van der Waals surface area contributed by atoms with E-state index < -0.39 is 5.41 Å². The third-order valence-electron chi connectivity index (χ3n) is 20.6. The van der Waals surface area contributed by atoms with Gasteiger partial charge in [-0.3, -0.25) is 0 Å². The largest absolute Gasteiger partial charge is 0.309 e. The van der Waals surface area contributed by atoms with Crippen molar-refractivity contribution in [3.63, 3.8) is 0 Å². The molecule has 514 valence electrons. The summed E-state index contributed by atoms with van der Waals surface area (Å²) >= 11 is 0. The van der Waals surface area contributed by atoms with Gasteiger partial charge in [0.2, 0.25) is 0 Å². The van der Waals surface area contributed by atoms with E-state index in [-0.39, 0.29) is 73.2 Å². The van der Waals surface area contributed by atoms with Crippen molar-refractivity contribution >= 4 is 38.8 Å². The van der Waals surface area contributed by atoms with Gasteiger partial charge < -0.3 is 9.13 Å². The lowest BCUT2D eigenvalue weighted by atomic mass is 9.70. The van der Waals surface area contributed by atoms with Crippen molar-refractivity contribution in [1.82, 2.24) is 24.1 Å². The van der Waals surface area contributed by atoms with Crippen molar-refractivity contribution < 1.29 is 0 Å². The van der Waals surface area contributed by atoms with Crippen LogP contribution >= 0.6 is 0 Å². The van der Waals surface area contributed by atoms with Gasteiger partial charge in [0, 0.05) is 71.8 Å². The van der Waals surface area contributed by atoms with E-state index in [9.17, 15) is 68.4 Å². The number of nitriles is 13. The summed E-state index contributed by atoms with van der Waals surface area (Å²) in [5.41, 5.74) is 12.8. The minimum Gasteiger partial charge on any atom is -0.309 e. The molecule has 0 saturated heterocycles. The molecule has 1 atom stereocenters. The molecular weight excluding hydrogens is 1390 g/mol. The van der Waals surface area contributed by atoms with Gasteiger partial charge in [-0.2, -0.15) is 68.4 Å². The van der Waals surface area contributed by atoms with Crippen LogP contribution in [0, 0.1) is 147 Å². The van der Waals surface area contributed by atoms with E-state index in [0.717, 1.165) is 16.7 Å².